The molecule has 4 amide bonds. The van der Waals surface area contributed by atoms with Gasteiger partial charge in [0.1, 0.15) is 6.04 Å². The average Bonchev–Trinajstić information content (AvgIpc) is 2.94. The Morgan fingerprint density at radius 2 is 1.79 bits per heavy atom. The Balaban J connectivity index is 1.59. The fourth-order valence-corrected chi connectivity index (χ4v) is 3.72. The Morgan fingerprint density at radius 3 is 2.52 bits per heavy atom. The molecule has 2 aliphatic heterocycles. The fourth-order valence-electron chi connectivity index (χ4n) is 3.72. The zero-order valence-electron chi connectivity index (χ0n) is 15.8. The number of nitrogens with zero attached hydrogens (tertiary/aromatic N) is 2. The lowest BCUT2D eigenvalue weighted by atomic mass is 10.0. The van der Waals surface area contributed by atoms with E-state index in [1.165, 1.54) is 0 Å². The molecule has 0 saturated carbocycles. The minimum absolute atomic E-state index is 0.0935. The van der Waals surface area contributed by atoms with Gasteiger partial charge in [-0.25, -0.2) is 0 Å². The van der Waals surface area contributed by atoms with Crippen molar-refractivity contribution in [3.8, 4) is 0 Å². The third kappa shape index (κ3) is 3.22. The molecule has 3 N–H and O–H groups in total. The van der Waals surface area contributed by atoms with Crippen molar-refractivity contribution >= 4 is 35.0 Å². The summed E-state index contributed by atoms with van der Waals surface area (Å²) in [4.78, 5) is 52.1. The fraction of sp³-hybridized carbons (Fsp3) is 0.238. The monoisotopic (exact) mass is 392 g/mol. The molecule has 8 heteroatoms. The molecule has 2 aromatic rings. The van der Waals surface area contributed by atoms with Gasteiger partial charge < -0.3 is 10.6 Å². The van der Waals surface area contributed by atoms with Gasteiger partial charge in [0.25, 0.3) is 11.8 Å². The number of nitrogens with one attached hydrogen (secondary N) is 1. The number of carbonyl (C=O) groups excluding carboxylic acids is 4. The van der Waals surface area contributed by atoms with E-state index >= 15 is 0 Å². The molecular formula is C21H20N4O4. The molecule has 1 unspecified atom stereocenters. The summed E-state index contributed by atoms with van der Waals surface area (Å²) in [6.07, 6.45) is 0.229. The van der Waals surface area contributed by atoms with Crippen LogP contribution in [0.2, 0.25) is 0 Å². The van der Waals surface area contributed by atoms with E-state index in [2.05, 4.69) is 5.32 Å². The van der Waals surface area contributed by atoms with Crippen LogP contribution in [0.15, 0.2) is 42.5 Å². The molecule has 1 saturated heterocycles. The van der Waals surface area contributed by atoms with Crippen molar-refractivity contribution in [2.75, 3.05) is 17.7 Å². The molecule has 0 bridgehead atoms. The number of nitrogens with two attached hydrogens (primary N) is 1. The van der Waals surface area contributed by atoms with Gasteiger partial charge >= 0.3 is 0 Å². The summed E-state index contributed by atoms with van der Waals surface area (Å²) >= 11 is 0. The molecule has 1 fully saturated rings. The van der Waals surface area contributed by atoms with Crippen molar-refractivity contribution in [2.45, 2.75) is 25.4 Å². The minimum atomic E-state index is -0.967. The zero-order valence-corrected chi connectivity index (χ0v) is 15.8. The molecule has 0 radical (unpaired) electrons. The van der Waals surface area contributed by atoms with E-state index in [4.69, 9.17) is 5.73 Å². The maximum atomic E-state index is 12.9. The quantitative estimate of drug-likeness (QED) is 0.599. The third-order valence-corrected chi connectivity index (χ3v) is 5.33. The second-order valence-electron chi connectivity index (χ2n) is 7.23. The predicted octanol–water partition coefficient (Wildman–Crippen LogP) is 1.31. The van der Waals surface area contributed by atoms with Crippen molar-refractivity contribution < 1.29 is 19.2 Å². The van der Waals surface area contributed by atoms with Gasteiger partial charge in [0, 0.05) is 31.4 Å². The van der Waals surface area contributed by atoms with Gasteiger partial charge in [-0.05, 0) is 36.2 Å². The summed E-state index contributed by atoms with van der Waals surface area (Å²) in [5.74, 6) is -2.05. The number of carbonyl (C=O) groups is 4. The molecule has 2 aliphatic rings. The first-order chi connectivity index (χ1) is 13.9. The van der Waals surface area contributed by atoms with Crippen molar-refractivity contribution in [1.29, 1.82) is 0 Å². The van der Waals surface area contributed by atoms with E-state index in [1.807, 2.05) is 36.2 Å². The maximum Gasteiger partial charge on any atom is 0.262 e. The molecule has 29 heavy (non-hydrogen) atoms. The molecule has 0 aromatic heterocycles. The Morgan fingerprint density at radius 1 is 1.07 bits per heavy atom. The number of amides is 4. The van der Waals surface area contributed by atoms with Crippen molar-refractivity contribution in [3.05, 3.63) is 59.2 Å². The van der Waals surface area contributed by atoms with Gasteiger partial charge in [-0.1, -0.05) is 18.2 Å². The Bertz CT molecular complexity index is 1050. The zero-order chi connectivity index (χ0) is 20.7. The molecule has 0 aliphatic carbocycles. The van der Waals surface area contributed by atoms with Crippen molar-refractivity contribution in [2.24, 2.45) is 0 Å². The second kappa shape index (κ2) is 7.05. The summed E-state index contributed by atoms with van der Waals surface area (Å²) in [6, 6.07) is 11.6. The third-order valence-electron chi connectivity index (χ3n) is 5.33. The van der Waals surface area contributed by atoms with Gasteiger partial charge in [-0.15, -0.1) is 0 Å². The number of rotatable bonds is 4. The largest absolute Gasteiger partial charge is 0.398 e. The van der Waals surface area contributed by atoms with E-state index in [0.717, 1.165) is 16.2 Å². The molecule has 8 nitrogen and oxygen atoms in total. The lowest BCUT2D eigenvalue weighted by Gasteiger charge is -2.27. The highest BCUT2D eigenvalue weighted by Crippen LogP contribution is 2.31. The molecule has 2 aromatic carbocycles. The van der Waals surface area contributed by atoms with Crippen LogP contribution in [0.3, 0.4) is 0 Å². The molecule has 4 rings (SSSR count). The molecule has 2 heterocycles. The number of anilines is 2. The second-order valence-corrected chi connectivity index (χ2v) is 7.23. The average molecular weight is 392 g/mol. The number of benzene rings is 2. The number of imide groups is 2. The SMILES string of the molecule is CN(Cc1ccccc1N)c1ccc2c(c1)C(=O)N(C1CCC(=O)NC1=O)C2=O. The van der Waals surface area contributed by atoms with E-state index < -0.39 is 29.7 Å². The Kier molecular flexibility index (Phi) is 4.54. The topological polar surface area (TPSA) is 113 Å². The summed E-state index contributed by atoms with van der Waals surface area (Å²) in [7, 11) is 1.87. The summed E-state index contributed by atoms with van der Waals surface area (Å²) < 4.78 is 0. The lowest BCUT2D eigenvalue weighted by molar-refractivity contribution is -0.136. The van der Waals surface area contributed by atoms with Gasteiger partial charge in [0.2, 0.25) is 11.8 Å². The van der Waals surface area contributed by atoms with E-state index in [0.29, 0.717) is 12.2 Å². The van der Waals surface area contributed by atoms with Gasteiger partial charge in [0.05, 0.1) is 11.1 Å². The van der Waals surface area contributed by atoms with Crippen LogP contribution >= 0.6 is 0 Å². The van der Waals surface area contributed by atoms with Crippen LogP contribution in [0.25, 0.3) is 0 Å². The number of para-hydroxylation sites is 1. The highest BCUT2D eigenvalue weighted by Gasteiger charge is 2.44. The van der Waals surface area contributed by atoms with Crippen LogP contribution in [0.4, 0.5) is 11.4 Å². The highest BCUT2D eigenvalue weighted by molar-refractivity contribution is 6.23. The summed E-state index contributed by atoms with van der Waals surface area (Å²) in [5, 5.41) is 2.19. The number of hydrogen-bond acceptors (Lipinski definition) is 6. The van der Waals surface area contributed by atoms with Crippen LogP contribution in [0, 0.1) is 0 Å². The van der Waals surface area contributed by atoms with Gasteiger partial charge in [0.15, 0.2) is 0 Å². The van der Waals surface area contributed by atoms with Crippen LogP contribution in [-0.2, 0) is 16.1 Å². The minimum Gasteiger partial charge on any atom is -0.398 e. The molecule has 148 valence electrons. The molecule has 0 spiro atoms. The first-order valence-corrected chi connectivity index (χ1v) is 9.27. The highest BCUT2D eigenvalue weighted by atomic mass is 16.2. The van der Waals surface area contributed by atoms with Gasteiger partial charge in [-0.3, -0.25) is 29.4 Å². The number of nitrogen functional groups attached to an aromatic ring is 1. The van der Waals surface area contributed by atoms with E-state index in [1.54, 1.807) is 18.2 Å². The Labute approximate surface area is 167 Å². The van der Waals surface area contributed by atoms with Crippen molar-refractivity contribution in [3.63, 3.8) is 0 Å². The Hall–Kier alpha value is -3.68. The molecule has 1 atom stereocenters. The maximum absolute atomic E-state index is 12.9. The number of piperidine rings is 1. The predicted molar refractivity (Wildman–Crippen MR) is 106 cm³/mol. The normalized spacial score (nSPS) is 18.7. The summed E-state index contributed by atoms with van der Waals surface area (Å²) in [5.41, 5.74) is 8.89. The first kappa shape index (κ1) is 18.7. The summed E-state index contributed by atoms with van der Waals surface area (Å²) in [6.45, 7) is 0.532. The lowest BCUT2D eigenvalue weighted by Crippen LogP contribution is -2.54. The van der Waals surface area contributed by atoms with Crippen LogP contribution in [0.5, 0.6) is 0 Å². The number of hydrogen-bond donors (Lipinski definition) is 2. The van der Waals surface area contributed by atoms with E-state index in [9.17, 15) is 19.2 Å². The van der Waals surface area contributed by atoms with Crippen molar-refractivity contribution in [1.82, 2.24) is 10.2 Å². The smallest absolute Gasteiger partial charge is 0.262 e. The van der Waals surface area contributed by atoms with Crippen LogP contribution < -0.4 is 16.0 Å². The standard InChI is InChI=1S/C21H20N4O4/c1-24(11-12-4-2-3-5-16(12)22)13-6-7-14-15(10-13)21(29)25(20(14)28)17-8-9-18(26)23-19(17)27/h2-7,10,17H,8-9,11,22H2,1H3,(H,23,26,27). The van der Waals surface area contributed by atoms with Gasteiger partial charge in [-0.2, -0.15) is 0 Å². The van der Waals surface area contributed by atoms with Crippen LogP contribution in [-0.4, -0.2) is 41.6 Å². The van der Waals surface area contributed by atoms with E-state index in [-0.39, 0.29) is 24.0 Å². The molecular weight excluding hydrogens is 372 g/mol. The van der Waals surface area contributed by atoms with Crippen LogP contribution in [0.1, 0.15) is 39.1 Å². The first-order valence-electron chi connectivity index (χ1n) is 9.27. The number of fused-ring (bicyclic) bond motifs is 1.